The Morgan fingerprint density at radius 2 is 1.76 bits per heavy atom. The summed E-state index contributed by atoms with van der Waals surface area (Å²) in [7, 11) is -2.82. The van der Waals surface area contributed by atoms with Crippen molar-refractivity contribution in [3.63, 3.8) is 0 Å². The van der Waals surface area contributed by atoms with E-state index in [4.69, 9.17) is 13.7 Å². The number of nitro benzene ring substituents is 1. The number of hydrogen-bond donors (Lipinski definition) is 1. The number of hydrogen-bond acceptors (Lipinski definition) is 9. The van der Waals surface area contributed by atoms with Crippen molar-refractivity contribution in [1.29, 1.82) is 5.26 Å². The molecule has 12 heteroatoms. The van der Waals surface area contributed by atoms with Gasteiger partial charge in [0, 0.05) is 12.1 Å². The maximum Gasteiger partial charge on any atom is 0.339 e. The molecule has 0 aromatic heterocycles. The summed E-state index contributed by atoms with van der Waals surface area (Å²) >= 11 is 0. The molecule has 0 saturated heterocycles. The fraction of sp³-hybridized carbons (Fsp3) is 0.154. The summed E-state index contributed by atoms with van der Waals surface area (Å²) < 4.78 is 41.4. The van der Waals surface area contributed by atoms with Crippen molar-refractivity contribution in [1.82, 2.24) is 0 Å². The van der Waals surface area contributed by atoms with Crippen molar-refractivity contribution in [3.8, 4) is 23.3 Å². The zero-order valence-corrected chi connectivity index (χ0v) is 21.4. The number of nitrogens with zero attached hydrogens (tertiary/aromatic N) is 2. The van der Waals surface area contributed by atoms with Gasteiger partial charge in [0.1, 0.15) is 22.3 Å². The number of nitrogens with one attached hydrogen (secondary N) is 1. The van der Waals surface area contributed by atoms with Gasteiger partial charge in [-0.25, -0.2) is 0 Å². The van der Waals surface area contributed by atoms with E-state index in [0.29, 0.717) is 5.56 Å². The molecule has 3 rings (SSSR count). The summed E-state index contributed by atoms with van der Waals surface area (Å²) in [5.74, 6) is -0.674. The van der Waals surface area contributed by atoms with Crippen LogP contribution in [0.2, 0.25) is 0 Å². The molecule has 1 N–H and O–H groups in total. The maximum atomic E-state index is 12.8. The van der Waals surface area contributed by atoms with Gasteiger partial charge < -0.3 is 19.0 Å². The predicted octanol–water partition coefficient (Wildman–Crippen LogP) is 4.62. The molecule has 196 valence electrons. The fourth-order valence-corrected chi connectivity index (χ4v) is 4.17. The van der Waals surface area contributed by atoms with E-state index in [1.807, 2.05) is 6.92 Å². The summed E-state index contributed by atoms with van der Waals surface area (Å²) in [4.78, 5) is 23.2. The quantitative estimate of drug-likeness (QED) is 0.128. The summed E-state index contributed by atoms with van der Waals surface area (Å²) in [6.45, 7) is 3.71. The van der Waals surface area contributed by atoms with Crippen LogP contribution >= 0.6 is 0 Å². The normalized spacial score (nSPS) is 11.3. The molecule has 0 atom stereocenters. The highest BCUT2D eigenvalue weighted by atomic mass is 32.2. The summed E-state index contributed by atoms with van der Waals surface area (Å²) in [5.41, 5.74) is 0.624. The van der Waals surface area contributed by atoms with Crippen LogP contribution in [0.1, 0.15) is 18.1 Å². The van der Waals surface area contributed by atoms with Crippen molar-refractivity contribution in [2.24, 2.45) is 0 Å². The molecule has 0 saturated carbocycles. The highest BCUT2D eigenvalue weighted by Crippen LogP contribution is 2.33. The van der Waals surface area contributed by atoms with E-state index < -0.39 is 20.9 Å². The Hall–Kier alpha value is -4.89. The Labute approximate surface area is 219 Å². The molecular weight excluding hydrogens is 514 g/mol. The number of anilines is 1. The Bertz CT molecular complexity index is 1540. The number of carbonyl (C=O) groups is 1. The first-order valence-electron chi connectivity index (χ1n) is 11.1. The average molecular weight is 538 g/mol. The highest BCUT2D eigenvalue weighted by molar-refractivity contribution is 7.87. The number of carbonyl (C=O) groups excluding carboxylic acids is 1. The third-order valence-electron chi connectivity index (χ3n) is 5.09. The number of benzene rings is 3. The first-order chi connectivity index (χ1) is 18.1. The van der Waals surface area contributed by atoms with E-state index in [1.165, 1.54) is 55.7 Å². The lowest BCUT2D eigenvalue weighted by atomic mass is 10.1. The van der Waals surface area contributed by atoms with Crippen LogP contribution < -0.4 is 19.0 Å². The zero-order chi connectivity index (χ0) is 27.9. The monoisotopic (exact) mass is 537 g/mol. The maximum absolute atomic E-state index is 12.8. The molecule has 38 heavy (non-hydrogen) atoms. The average Bonchev–Trinajstić information content (AvgIpc) is 2.88. The van der Waals surface area contributed by atoms with Gasteiger partial charge in [-0.3, -0.25) is 14.9 Å². The van der Waals surface area contributed by atoms with E-state index in [9.17, 15) is 28.6 Å². The molecule has 0 unspecified atom stereocenters. The molecule has 0 bridgehead atoms. The van der Waals surface area contributed by atoms with Gasteiger partial charge in [0.25, 0.3) is 11.6 Å². The van der Waals surface area contributed by atoms with Crippen molar-refractivity contribution >= 4 is 33.5 Å². The first-order valence-corrected chi connectivity index (χ1v) is 12.5. The number of nitriles is 1. The second-order valence-electron chi connectivity index (χ2n) is 7.76. The summed E-state index contributed by atoms with van der Waals surface area (Å²) in [6.07, 6.45) is 1.25. The molecule has 1 amide bonds. The highest BCUT2D eigenvalue weighted by Gasteiger charge is 2.20. The van der Waals surface area contributed by atoms with Crippen LogP contribution in [0, 0.1) is 28.4 Å². The van der Waals surface area contributed by atoms with Gasteiger partial charge in [-0.1, -0.05) is 23.8 Å². The van der Waals surface area contributed by atoms with Crippen molar-refractivity contribution in [2.75, 3.05) is 19.0 Å². The van der Waals surface area contributed by atoms with Gasteiger partial charge in [0.05, 0.1) is 24.3 Å². The molecule has 3 aromatic rings. The Morgan fingerprint density at radius 1 is 1.08 bits per heavy atom. The number of amides is 1. The smallest absolute Gasteiger partial charge is 0.339 e. The van der Waals surface area contributed by atoms with Gasteiger partial charge in [0.2, 0.25) is 0 Å². The predicted molar refractivity (Wildman–Crippen MR) is 138 cm³/mol. The second-order valence-corrected chi connectivity index (χ2v) is 9.30. The molecule has 3 aromatic carbocycles. The van der Waals surface area contributed by atoms with Crippen LogP contribution in [0.5, 0.6) is 17.2 Å². The minimum Gasteiger partial charge on any atom is -0.495 e. The van der Waals surface area contributed by atoms with E-state index in [0.717, 1.165) is 11.6 Å². The van der Waals surface area contributed by atoms with Crippen molar-refractivity contribution in [3.05, 3.63) is 87.5 Å². The molecule has 0 heterocycles. The summed E-state index contributed by atoms with van der Waals surface area (Å²) in [5, 5.41) is 23.1. The Kier molecular flexibility index (Phi) is 8.67. The van der Waals surface area contributed by atoms with Crippen molar-refractivity contribution < 1.29 is 31.8 Å². The SMILES string of the molecule is CCOc1cc(/C=C(\C#N)C(=O)Nc2cc([N+](=O)[O-])ccc2OC)ccc1OS(=O)(=O)c1ccc(C)cc1. The lowest BCUT2D eigenvalue weighted by Crippen LogP contribution is -2.14. The number of nitro groups is 1. The van der Waals surface area contributed by atoms with Gasteiger partial charge in [-0.15, -0.1) is 0 Å². The van der Waals surface area contributed by atoms with Gasteiger partial charge in [-0.05, 0) is 55.8 Å². The van der Waals surface area contributed by atoms with Crippen LogP contribution in [-0.2, 0) is 14.9 Å². The Morgan fingerprint density at radius 3 is 2.37 bits per heavy atom. The molecule has 0 spiro atoms. The molecule has 0 aliphatic rings. The standard InChI is InChI=1S/C26H23N3O8S/c1-4-36-25-14-18(7-11-24(25)37-38(33,34)21-9-5-17(2)6-10-21)13-19(16-27)26(30)28-22-15-20(29(31)32)8-12-23(22)35-3/h5-15H,4H2,1-3H3,(H,28,30)/b19-13+. The van der Waals surface area contributed by atoms with Crippen LogP contribution in [0.3, 0.4) is 0 Å². The lowest BCUT2D eigenvalue weighted by molar-refractivity contribution is -0.384. The largest absolute Gasteiger partial charge is 0.495 e. The number of non-ortho nitro benzene ring substituents is 1. The summed E-state index contributed by atoms with van der Waals surface area (Å²) in [6, 6.07) is 15.8. The van der Waals surface area contributed by atoms with E-state index in [1.54, 1.807) is 25.1 Å². The topological polar surface area (TPSA) is 158 Å². The van der Waals surface area contributed by atoms with Crippen LogP contribution in [0.4, 0.5) is 11.4 Å². The molecule has 0 aliphatic heterocycles. The first kappa shape index (κ1) is 27.7. The van der Waals surface area contributed by atoms with Gasteiger partial charge >= 0.3 is 10.1 Å². The minimum absolute atomic E-state index is 0.00733. The molecule has 0 radical (unpaired) electrons. The Balaban J connectivity index is 1.90. The van der Waals surface area contributed by atoms with Crippen LogP contribution in [0.25, 0.3) is 6.08 Å². The zero-order valence-electron chi connectivity index (χ0n) is 20.6. The number of methoxy groups -OCH3 is 1. The molecule has 0 aliphatic carbocycles. The van der Waals surface area contributed by atoms with Gasteiger partial charge in [0.15, 0.2) is 11.5 Å². The molecule has 11 nitrogen and oxygen atoms in total. The van der Waals surface area contributed by atoms with Crippen LogP contribution in [-0.4, -0.2) is 33.0 Å². The second kappa shape index (κ2) is 11.9. The third-order valence-corrected chi connectivity index (χ3v) is 6.34. The number of ether oxygens (including phenoxy) is 2. The molecule has 0 fully saturated rings. The minimum atomic E-state index is -4.15. The van der Waals surface area contributed by atoms with Crippen molar-refractivity contribution in [2.45, 2.75) is 18.7 Å². The fourth-order valence-electron chi connectivity index (χ4n) is 3.23. The van der Waals surface area contributed by atoms with E-state index >= 15 is 0 Å². The van der Waals surface area contributed by atoms with Gasteiger partial charge in [-0.2, -0.15) is 13.7 Å². The number of rotatable bonds is 10. The third kappa shape index (κ3) is 6.65. The number of aryl methyl sites for hydroxylation is 1. The van der Waals surface area contributed by atoms with Crippen LogP contribution in [0.15, 0.2) is 71.1 Å². The molecular formula is C26H23N3O8S. The lowest BCUT2D eigenvalue weighted by Gasteiger charge is -2.13. The van der Waals surface area contributed by atoms with E-state index in [2.05, 4.69) is 5.32 Å². The van der Waals surface area contributed by atoms with E-state index in [-0.39, 0.29) is 45.7 Å².